The number of rotatable bonds is 2. The molecule has 0 N–H and O–H groups in total. The van der Waals surface area contributed by atoms with E-state index < -0.39 is 0 Å². The molecule has 1 heteroatoms. The van der Waals surface area contributed by atoms with E-state index >= 15 is 0 Å². The smallest absolute Gasteiger partial charge is 0.142 e. The van der Waals surface area contributed by atoms with Gasteiger partial charge in [0.05, 0.1) is 0 Å². The van der Waals surface area contributed by atoms with Crippen molar-refractivity contribution < 1.29 is 4.79 Å². The van der Waals surface area contributed by atoms with Gasteiger partial charge < -0.3 is 0 Å². The topological polar surface area (TPSA) is 17.1 Å². The van der Waals surface area contributed by atoms with Crippen LogP contribution in [0.15, 0.2) is 12.2 Å². The lowest BCUT2D eigenvalue weighted by Crippen LogP contribution is -2.33. The molecule has 0 saturated heterocycles. The Kier molecular flexibility index (Phi) is 2.15. The van der Waals surface area contributed by atoms with Gasteiger partial charge in [-0.1, -0.05) is 26.3 Å². The standard InChI is InChI=1S/C14H22O/c1-9(2)8-10-11-6-7-14(5,12(10)15)13(11,3)4/h10-11H,1,6-8H2,2-5H3/t10-,11+,14-/m0/s1. The first kappa shape index (κ1) is 10.9. The molecule has 0 aromatic rings. The number of carbonyl (C=O) groups excluding carboxylic acids is 1. The van der Waals surface area contributed by atoms with Gasteiger partial charge in [0.25, 0.3) is 0 Å². The molecule has 84 valence electrons. The molecule has 2 rings (SSSR count). The maximum atomic E-state index is 12.4. The molecule has 0 unspecified atom stereocenters. The summed E-state index contributed by atoms with van der Waals surface area (Å²) in [7, 11) is 0. The van der Waals surface area contributed by atoms with Crippen LogP contribution in [0.3, 0.4) is 0 Å². The van der Waals surface area contributed by atoms with Gasteiger partial charge in [0.15, 0.2) is 0 Å². The van der Waals surface area contributed by atoms with Gasteiger partial charge in [0.2, 0.25) is 0 Å². The minimum Gasteiger partial charge on any atom is -0.299 e. The molecule has 0 amide bonds. The van der Waals surface area contributed by atoms with Gasteiger partial charge in [-0.3, -0.25) is 4.79 Å². The number of hydrogen-bond donors (Lipinski definition) is 0. The molecule has 0 radical (unpaired) electrons. The Morgan fingerprint density at radius 3 is 2.47 bits per heavy atom. The zero-order valence-corrected chi connectivity index (χ0v) is 10.4. The van der Waals surface area contributed by atoms with E-state index in [0.29, 0.717) is 11.7 Å². The highest BCUT2D eigenvalue weighted by molar-refractivity contribution is 5.91. The van der Waals surface area contributed by atoms with E-state index in [1.54, 1.807) is 0 Å². The van der Waals surface area contributed by atoms with Gasteiger partial charge in [-0.15, -0.1) is 6.58 Å². The highest BCUT2D eigenvalue weighted by Crippen LogP contribution is 2.66. The van der Waals surface area contributed by atoms with Crippen molar-refractivity contribution in [2.24, 2.45) is 22.7 Å². The number of carbonyl (C=O) groups is 1. The van der Waals surface area contributed by atoms with Gasteiger partial charge in [-0.25, -0.2) is 0 Å². The van der Waals surface area contributed by atoms with Gasteiger partial charge in [0, 0.05) is 11.3 Å². The van der Waals surface area contributed by atoms with E-state index in [4.69, 9.17) is 0 Å². The van der Waals surface area contributed by atoms with Crippen molar-refractivity contribution in [2.75, 3.05) is 0 Å². The highest BCUT2D eigenvalue weighted by Gasteiger charge is 2.65. The van der Waals surface area contributed by atoms with Crippen LogP contribution in [0.5, 0.6) is 0 Å². The molecule has 2 aliphatic carbocycles. The van der Waals surface area contributed by atoms with Gasteiger partial charge in [-0.2, -0.15) is 0 Å². The summed E-state index contributed by atoms with van der Waals surface area (Å²) < 4.78 is 0. The zero-order valence-electron chi connectivity index (χ0n) is 10.4. The van der Waals surface area contributed by atoms with Crippen molar-refractivity contribution >= 4 is 5.78 Å². The summed E-state index contributed by atoms with van der Waals surface area (Å²) in [5.74, 6) is 1.36. The molecule has 0 aromatic heterocycles. The second kappa shape index (κ2) is 2.96. The van der Waals surface area contributed by atoms with Crippen LogP contribution in [0.4, 0.5) is 0 Å². The largest absolute Gasteiger partial charge is 0.299 e. The van der Waals surface area contributed by atoms with Crippen LogP contribution in [-0.4, -0.2) is 5.78 Å². The molecule has 15 heavy (non-hydrogen) atoms. The normalized spacial score (nSPS) is 42.3. The fourth-order valence-corrected chi connectivity index (χ4v) is 3.88. The number of fused-ring (bicyclic) bond motifs is 2. The summed E-state index contributed by atoms with van der Waals surface area (Å²) in [6.07, 6.45) is 3.23. The van der Waals surface area contributed by atoms with Crippen molar-refractivity contribution in [3.05, 3.63) is 12.2 Å². The molecular weight excluding hydrogens is 184 g/mol. The molecule has 3 atom stereocenters. The minimum absolute atomic E-state index is 0.0578. The van der Waals surface area contributed by atoms with Crippen molar-refractivity contribution in [1.29, 1.82) is 0 Å². The van der Waals surface area contributed by atoms with E-state index in [-0.39, 0.29) is 16.7 Å². The molecule has 0 spiro atoms. The summed E-state index contributed by atoms with van der Waals surface area (Å²) in [6, 6.07) is 0. The van der Waals surface area contributed by atoms with Crippen LogP contribution in [-0.2, 0) is 4.79 Å². The lowest BCUT2D eigenvalue weighted by atomic mass is 9.70. The maximum Gasteiger partial charge on any atom is 0.142 e. The van der Waals surface area contributed by atoms with Gasteiger partial charge >= 0.3 is 0 Å². The quantitative estimate of drug-likeness (QED) is 0.631. The third-order valence-corrected chi connectivity index (χ3v) is 5.24. The van der Waals surface area contributed by atoms with Crippen LogP contribution < -0.4 is 0 Å². The van der Waals surface area contributed by atoms with E-state index in [1.807, 2.05) is 6.92 Å². The number of ketones is 1. The molecule has 0 heterocycles. The average molecular weight is 206 g/mol. The summed E-state index contributed by atoms with van der Waals surface area (Å²) in [5.41, 5.74) is 1.29. The first-order chi connectivity index (χ1) is 6.80. The van der Waals surface area contributed by atoms with E-state index in [2.05, 4.69) is 27.4 Å². The lowest BCUT2D eigenvalue weighted by molar-refractivity contribution is -0.131. The first-order valence-electron chi connectivity index (χ1n) is 5.99. The molecule has 2 fully saturated rings. The molecule has 0 aromatic carbocycles. The van der Waals surface area contributed by atoms with Crippen LogP contribution in [0.2, 0.25) is 0 Å². The van der Waals surface area contributed by atoms with Crippen LogP contribution >= 0.6 is 0 Å². The van der Waals surface area contributed by atoms with Crippen molar-refractivity contribution in [2.45, 2.75) is 47.0 Å². The highest BCUT2D eigenvalue weighted by atomic mass is 16.1. The Bertz CT molecular complexity index is 326. The molecule has 0 aliphatic heterocycles. The fourth-order valence-electron chi connectivity index (χ4n) is 3.88. The number of allylic oxidation sites excluding steroid dienone is 1. The lowest BCUT2D eigenvalue weighted by Gasteiger charge is -2.32. The molecule has 2 bridgehead atoms. The van der Waals surface area contributed by atoms with Gasteiger partial charge in [0.1, 0.15) is 5.78 Å². The van der Waals surface area contributed by atoms with Crippen molar-refractivity contribution in [1.82, 2.24) is 0 Å². The van der Waals surface area contributed by atoms with E-state index in [1.165, 1.54) is 6.42 Å². The summed E-state index contributed by atoms with van der Waals surface area (Å²) in [5, 5.41) is 0. The van der Waals surface area contributed by atoms with Gasteiger partial charge in [-0.05, 0) is 37.5 Å². The SMILES string of the molecule is C=C(C)C[C@@H]1C(=O)[C@]2(C)CC[C@H]1C2(C)C. The Balaban J connectivity index is 2.34. The second-order valence-electron chi connectivity index (χ2n) is 6.33. The maximum absolute atomic E-state index is 12.4. The van der Waals surface area contributed by atoms with Crippen LogP contribution in [0.25, 0.3) is 0 Å². The minimum atomic E-state index is -0.0578. The van der Waals surface area contributed by atoms with E-state index in [0.717, 1.165) is 18.4 Å². The molecular formula is C14H22O. The van der Waals surface area contributed by atoms with Crippen LogP contribution in [0.1, 0.15) is 47.0 Å². The Morgan fingerprint density at radius 1 is 1.47 bits per heavy atom. The summed E-state index contributed by atoms with van der Waals surface area (Å²) in [4.78, 5) is 12.4. The second-order valence-corrected chi connectivity index (χ2v) is 6.33. The van der Waals surface area contributed by atoms with Crippen molar-refractivity contribution in [3.63, 3.8) is 0 Å². The first-order valence-corrected chi connectivity index (χ1v) is 5.99. The summed E-state index contributed by atoms with van der Waals surface area (Å²) >= 11 is 0. The third-order valence-electron chi connectivity index (χ3n) is 5.24. The Labute approximate surface area is 92.9 Å². The number of Topliss-reactive ketones (excluding diaryl/α,β-unsaturated/α-hetero) is 1. The average Bonchev–Trinajstić information content (AvgIpc) is 2.40. The Morgan fingerprint density at radius 2 is 2.07 bits per heavy atom. The summed E-state index contributed by atoms with van der Waals surface area (Å²) in [6.45, 7) is 12.7. The monoisotopic (exact) mass is 206 g/mol. The predicted molar refractivity (Wildman–Crippen MR) is 62.5 cm³/mol. The van der Waals surface area contributed by atoms with Crippen LogP contribution in [0, 0.1) is 22.7 Å². The predicted octanol–water partition coefficient (Wildman–Crippen LogP) is 3.59. The molecule has 2 saturated carbocycles. The van der Waals surface area contributed by atoms with Crippen molar-refractivity contribution in [3.8, 4) is 0 Å². The van der Waals surface area contributed by atoms with E-state index in [9.17, 15) is 4.79 Å². The zero-order chi connectivity index (χ0) is 11.4. The molecule has 1 nitrogen and oxygen atoms in total. The number of hydrogen-bond acceptors (Lipinski definition) is 1. The third kappa shape index (κ3) is 1.18. The Hall–Kier alpha value is -0.590. The molecule has 2 aliphatic rings. The fraction of sp³-hybridized carbons (Fsp3) is 0.786.